The molecule has 0 unspecified atom stereocenters. The third-order valence-corrected chi connectivity index (χ3v) is 13.6. The van der Waals surface area contributed by atoms with Crippen molar-refractivity contribution >= 4 is 45.8 Å². The number of methoxy groups -OCH3 is 3. The van der Waals surface area contributed by atoms with Gasteiger partial charge in [-0.1, -0.05) is 50.2 Å². The van der Waals surface area contributed by atoms with Crippen molar-refractivity contribution in [1.29, 1.82) is 0 Å². The number of carbonyl (C=O) groups is 4. The van der Waals surface area contributed by atoms with Gasteiger partial charge in [-0.3, -0.25) is 9.59 Å². The molecule has 0 spiro atoms. The molecule has 4 amide bonds. The van der Waals surface area contributed by atoms with Gasteiger partial charge in [0.15, 0.2) is 0 Å². The summed E-state index contributed by atoms with van der Waals surface area (Å²) in [5.74, 6) is 1.40. The zero-order valence-electron chi connectivity index (χ0n) is 35.5. The fourth-order valence-corrected chi connectivity index (χ4v) is 10.3. The number of amides is 4. The summed E-state index contributed by atoms with van der Waals surface area (Å²) in [7, 11) is 4.12. The molecule has 0 radical (unpaired) electrons. The number of alkyl carbamates (subject to hydrolysis) is 2. The summed E-state index contributed by atoms with van der Waals surface area (Å²) in [6.07, 6.45) is 4.27. The molecule has 61 heavy (non-hydrogen) atoms. The number of benzene rings is 3. The monoisotopic (exact) mass is 830 g/mol. The van der Waals surface area contributed by atoms with E-state index in [4.69, 9.17) is 24.2 Å². The molecule has 4 N–H and O–H groups in total. The first kappa shape index (κ1) is 40.4. The lowest BCUT2D eigenvalue weighted by Crippen LogP contribution is -2.56. The van der Waals surface area contributed by atoms with Crippen LogP contribution in [0.5, 0.6) is 0 Å². The van der Waals surface area contributed by atoms with Gasteiger partial charge < -0.3 is 44.6 Å². The molecule has 9 rings (SSSR count). The standard InChI is InChI=1S/C46H54N8O7/c1-23(2)36(51-45(57)60-5)43(55)53-19-7-8-35(53)41-47-33-17-12-27-20-25(10-15-31(27)38(33)49-41)26-11-16-32-28(21-26)13-18-34-39(32)50-42(48-34)40-29-9-14-30(22-29)54(40)44(56)37(24(3)59-4)52-46(58)61-6/h10-12,15-17,20-21,23-24,29-30,35-37,40H,7-9,13-14,18-19,22H2,1-6H3,(H,47,49)(H,48,50)(H,51,57)(H,52,58)/t24-,29+,30-,35+,36+,37+,40+/m1/s1. The quantitative estimate of drug-likeness (QED) is 0.119. The van der Waals surface area contributed by atoms with Gasteiger partial charge in [0.05, 0.1) is 54.8 Å². The molecule has 15 heteroatoms. The van der Waals surface area contributed by atoms with Crippen LogP contribution in [0, 0.1) is 11.8 Å². The summed E-state index contributed by atoms with van der Waals surface area (Å²) in [6, 6.07) is 15.3. The van der Waals surface area contributed by atoms with E-state index in [1.165, 1.54) is 26.9 Å². The average Bonchev–Trinajstić information content (AvgIpc) is 4.13. The number of fused-ring (bicyclic) bond motifs is 8. The minimum absolute atomic E-state index is 0.0769. The SMILES string of the molecule is COC(=O)N[C@H](C(=O)N1CCC[C@H]1c1nc2ccc3cc(-c4ccc5c(c4)CCc4nc([C@@H]6[C@H]7CC[C@H](C7)N6C(=O)[C@@H](NC(=O)OC)[C@@H](C)OC)[nH]c4-5)ccc3c2[nH]1)C(C)C. The molecule has 2 saturated heterocycles. The van der Waals surface area contributed by atoms with E-state index in [0.717, 1.165) is 106 Å². The number of piperidine rings is 1. The number of aromatic nitrogens is 4. The molecule has 2 aromatic heterocycles. The van der Waals surface area contributed by atoms with E-state index in [1.807, 2.05) is 29.7 Å². The van der Waals surface area contributed by atoms with Gasteiger partial charge in [0.1, 0.15) is 23.7 Å². The normalized spacial score (nSPS) is 22.0. The number of nitrogens with one attached hydrogen (secondary N) is 4. The molecule has 2 bridgehead atoms. The largest absolute Gasteiger partial charge is 0.453 e. The second kappa shape index (κ2) is 16.1. The zero-order valence-corrected chi connectivity index (χ0v) is 35.5. The topological polar surface area (TPSA) is 184 Å². The van der Waals surface area contributed by atoms with Gasteiger partial charge in [0.25, 0.3) is 0 Å². The van der Waals surface area contributed by atoms with Crippen molar-refractivity contribution in [1.82, 2.24) is 40.4 Å². The number of hydrogen-bond donors (Lipinski definition) is 4. The van der Waals surface area contributed by atoms with E-state index in [-0.39, 0.29) is 41.8 Å². The molecule has 2 aliphatic heterocycles. The van der Waals surface area contributed by atoms with Crippen LogP contribution in [-0.4, -0.2) is 106 Å². The minimum atomic E-state index is -0.886. The highest BCUT2D eigenvalue weighted by atomic mass is 16.5. The highest BCUT2D eigenvalue weighted by Gasteiger charge is 2.52. The van der Waals surface area contributed by atoms with Crippen LogP contribution in [0.25, 0.3) is 44.2 Å². The maximum atomic E-state index is 14.2. The second-order valence-electron chi connectivity index (χ2n) is 17.4. The Morgan fingerprint density at radius 3 is 2.31 bits per heavy atom. The van der Waals surface area contributed by atoms with Gasteiger partial charge in [-0.15, -0.1) is 0 Å². The van der Waals surface area contributed by atoms with Crippen molar-refractivity contribution in [2.75, 3.05) is 27.9 Å². The van der Waals surface area contributed by atoms with Gasteiger partial charge >= 0.3 is 12.2 Å². The number of hydrogen-bond acceptors (Lipinski definition) is 9. The number of imidazole rings is 2. The van der Waals surface area contributed by atoms with Crippen LogP contribution >= 0.6 is 0 Å². The van der Waals surface area contributed by atoms with Crippen molar-refractivity contribution in [2.45, 2.75) is 102 Å². The summed E-state index contributed by atoms with van der Waals surface area (Å²) >= 11 is 0. The molecular weight excluding hydrogens is 777 g/mol. The third kappa shape index (κ3) is 7.15. The predicted octanol–water partition coefficient (Wildman–Crippen LogP) is 6.73. The molecule has 5 aromatic rings. The van der Waals surface area contributed by atoms with Crippen molar-refractivity contribution in [3.63, 3.8) is 0 Å². The maximum Gasteiger partial charge on any atom is 0.407 e. The van der Waals surface area contributed by atoms with Gasteiger partial charge in [-0.2, -0.15) is 0 Å². The lowest BCUT2D eigenvalue weighted by Gasteiger charge is -2.37. The first-order valence-corrected chi connectivity index (χ1v) is 21.5. The Bertz CT molecular complexity index is 2530. The Hall–Kier alpha value is -5.96. The first-order valence-electron chi connectivity index (χ1n) is 21.5. The van der Waals surface area contributed by atoms with Crippen molar-refractivity contribution < 1.29 is 33.4 Å². The number of H-pyrrole nitrogens is 2. The summed E-state index contributed by atoms with van der Waals surface area (Å²) in [5, 5.41) is 7.57. The number of ether oxygens (including phenoxy) is 3. The van der Waals surface area contributed by atoms with E-state index in [0.29, 0.717) is 6.54 Å². The van der Waals surface area contributed by atoms with E-state index >= 15 is 0 Å². The third-order valence-electron chi connectivity index (χ3n) is 13.6. The van der Waals surface area contributed by atoms with Crippen LogP contribution in [0.4, 0.5) is 9.59 Å². The lowest BCUT2D eigenvalue weighted by molar-refractivity contribution is -0.141. The molecule has 2 aliphatic carbocycles. The van der Waals surface area contributed by atoms with Gasteiger partial charge in [-0.05, 0) is 97.9 Å². The molecule has 320 valence electrons. The molecule has 15 nitrogen and oxygen atoms in total. The van der Waals surface area contributed by atoms with Crippen LogP contribution in [0.3, 0.4) is 0 Å². The molecule has 1 saturated carbocycles. The van der Waals surface area contributed by atoms with Crippen LogP contribution in [0.1, 0.15) is 87.9 Å². The van der Waals surface area contributed by atoms with Gasteiger partial charge in [0.2, 0.25) is 11.8 Å². The Morgan fingerprint density at radius 1 is 0.803 bits per heavy atom. The number of likely N-dealkylation sites (tertiary alicyclic amines) is 2. The fourth-order valence-electron chi connectivity index (χ4n) is 10.3. The molecule has 4 heterocycles. The van der Waals surface area contributed by atoms with Gasteiger partial charge in [0, 0.05) is 30.6 Å². The smallest absolute Gasteiger partial charge is 0.407 e. The van der Waals surface area contributed by atoms with Crippen LogP contribution < -0.4 is 10.6 Å². The number of aryl methyl sites for hydroxylation is 2. The maximum absolute atomic E-state index is 14.2. The van der Waals surface area contributed by atoms with E-state index in [9.17, 15) is 19.2 Å². The van der Waals surface area contributed by atoms with E-state index < -0.39 is 30.4 Å². The number of aromatic amines is 2. The minimum Gasteiger partial charge on any atom is -0.453 e. The highest BCUT2D eigenvalue weighted by molar-refractivity contribution is 6.05. The predicted molar refractivity (Wildman–Crippen MR) is 228 cm³/mol. The van der Waals surface area contributed by atoms with Gasteiger partial charge in [-0.25, -0.2) is 19.6 Å². The average molecular weight is 831 g/mol. The molecular formula is C46H54N8O7. The Labute approximate surface area is 354 Å². The summed E-state index contributed by atoms with van der Waals surface area (Å²) in [5.41, 5.74) is 8.37. The van der Waals surface area contributed by atoms with Crippen LogP contribution in [0.2, 0.25) is 0 Å². The lowest BCUT2D eigenvalue weighted by atomic mass is 9.89. The molecule has 7 atom stereocenters. The fraction of sp³-hybridized carbons (Fsp3) is 0.478. The molecule has 3 aromatic carbocycles. The summed E-state index contributed by atoms with van der Waals surface area (Å²) in [6.45, 7) is 6.19. The second-order valence-corrected chi connectivity index (χ2v) is 17.4. The Morgan fingerprint density at radius 2 is 1.56 bits per heavy atom. The highest BCUT2D eigenvalue weighted by Crippen LogP contribution is 2.51. The summed E-state index contributed by atoms with van der Waals surface area (Å²) < 4.78 is 15.2. The van der Waals surface area contributed by atoms with Crippen LogP contribution in [-0.2, 0) is 36.6 Å². The van der Waals surface area contributed by atoms with Crippen LogP contribution in [0.15, 0.2) is 48.5 Å². The molecule has 3 fully saturated rings. The molecule has 4 aliphatic rings. The number of rotatable bonds is 10. The van der Waals surface area contributed by atoms with Crippen molar-refractivity contribution in [3.05, 3.63) is 71.4 Å². The first-order chi connectivity index (χ1) is 29.5. The van der Waals surface area contributed by atoms with E-state index in [1.54, 1.807) is 6.92 Å². The number of carbonyl (C=O) groups excluding carboxylic acids is 4. The van der Waals surface area contributed by atoms with Crippen molar-refractivity contribution in [2.24, 2.45) is 11.8 Å². The van der Waals surface area contributed by atoms with Crippen molar-refractivity contribution in [3.8, 4) is 22.4 Å². The van der Waals surface area contributed by atoms with E-state index in [2.05, 4.69) is 63.1 Å². The number of nitrogens with zero attached hydrogens (tertiary/aromatic N) is 4. The Kier molecular flexibility index (Phi) is 10.7. The zero-order chi connectivity index (χ0) is 42.7. The summed E-state index contributed by atoms with van der Waals surface area (Å²) in [4.78, 5) is 73.4. The Balaban J connectivity index is 0.963.